The molecule has 1 aromatic heterocycles. The van der Waals surface area contributed by atoms with Crippen LogP contribution in [-0.4, -0.2) is 36.9 Å². The van der Waals surface area contributed by atoms with Crippen molar-refractivity contribution in [3.8, 4) is 0 Å². The van der Waals surface area contributed by atoms with E-state index in [-0.39, 0.29) is 16.4 Å². The summed E-state index contributed by atoms with van der Waals surface area (Å²) in [5.41, 5.74) is 2.59. The molecule has 0 radical (unpaired) electrons. The summed E-state index contributed by atoms with van der Waals surface area (Å²) in [6.45, 7) is 6.61. The third kappa shape index (κ3) is 3.58. The molecule has 0 unspecified atom stereocenters. The number of hydrogen-bond acceptors (Lipinski definition) is 3. The van der Waals surface area contributed by atoms with Gasteiger partial charge >= 0.3 is 0 Å². The number of anilines is 1. The lowest BCUT2D eigenvalue weighted by atomic mass is 10.2. The van der Waals surface area contributed by atoms with Crippen LogP contribution >= 0.6 is 11.6 Å². The molecule has 0 spiro atoms. The number of nitrogens with zero attached hydrogens (tertiary/aromatic N) is 2. The van der Waals surface area contributed by atoms with Crippen molar-refractivity contribution in [2.45, 2.75) is 38.5 Å². The fraction of sp³-hybridized carbons (Fsp3) is 0.421. The van der Waals surface area contributed by atoms with Gasteiger partial charge in [-0.1, -0.05) is 17.7 Å². The highest BCUT2D eigenvalue weighted by Gasteiger charge is 2.33. The Balaban J connectivity index is 2.11. The molecule has 1 aliphatic rings. The maximum Gasteiger partial charge on any atom is 0.264 e. The molecule has 1 amide bonds. The molecule has 1 aromatic carbocycles. The minimum atomic E-state index is -3.97. The van der Waals surface area contributed by atoms with Crippen LogP contribution in [0.3, 0.4) is 0 Å². The van der Waals surface area contributed by atoms with Crippen molar-refractivity contribution in [2.75, 3.05) is 17.8 Å². The molecule has 0 saturated carbocycles. The van der Waals surface area contributed by atoms with E-state index in [1.54, 1.807) is 55.5 Å². The first kappa shape index (κ1) is 19.8. The number of carbonyl (C=O) groups is 1. The molecule has 2 aromatic rings. The van der Waals surface area contributed by atoms with Crippen molar-refractivity contribution in [1.29, 1.82) is 0 Å². The molecular formula is C19H24ClN3O3S. The zero-order chi connectivity index (χ0) is 19.9. The number of aryl methyl sites for hydroxylation is 1. The van der Waals surface area contributed by atoms with Gasteiger partial charge < -0.3 is 9.47 Å². The zero-order valence-corrected chi connectivity index (χ0v) is 17.5. The molecule has 0 bridgehead atoms. The van der Waals surface area contributed by atoms with Crippen LogP contribution in [0, 0.1) is 20.8 Å². The number of amides is 1. The van der Waals surface area contributed by atoms with Crippen LogP contribution in [-0.2, 0) is 17.1 Å². The Kier molecular flexibility index (Phi) is 5.27. The van der Waals surface area contributed by atoms with Gasteiger partial charge in [-0.15, -0.1) is 0 Å². The third-order valence-electron chi connectivity index (χ3n) is 5.24. The Morgan fingerprint density at radius 2 is 1.74 bits per heavy atom. The van der Waals surface area contributed by atoms with Gasteiger partial charge in [0.25, 0.3) is 15.9 Å². The first-order valence-electron chi connectivity index (χ1n) is 8.87. The Bertz CT molecular complexity index is 1010. The molecule has 1 aliphatic heterocycles. The summed E-state index contributed by atoms with van der Waals surface area (Å²) in [5.74, 6) is -0.225. The molecule has 3 rings (SSSR count). The number of sulfonamides is 1. The minimum Gasteiger partial charge on any atom is -0.350 e. The average Bonchev–Trinajstić information content (AvgIpc) is 3.21. The van der Waals surface area contributed by atoms with Gasteiger partial charge in [-0.2, -0.15) is 0 Å². The van der Waals surface area contributed by atoms with E-state index in [1.807, 2.05) is 0 Å². The predicted octanol–water partition coefficient (Wildman–Crippen LogP) is 3.64. The molecule has 1 fully saturated rings. The van der Waals surface area contributed by atoms with Crippen molar-refractivity contribution in [2.24, 2.45) is 7.05 Å². The molecule has 1 saturated heterocycles. The van der Waals surface area contributed by atoms with Crippen LogP contribution in [0.1, 0.15) is 40.2 Å². The highest BCUT2D eigenvalue weighted by Crippen LogP contribution is 2.31. The lowest BCUT2D eigenvalue weighted by molar-refractivity contribution is 0.0788. The van der Waals surface area contributed by atoms with Crippen LogP contribution in [0.4, 0.5) is 5.69 Å². The molecule has 0 atom stereocenters. The van der Waals surface area contributed by atoms with Crippen molar-refractivity contribution >= 4 is 33.2 Å². The summed E-state index contributed by atoms with van der Waals surface area (Å²) in [6.07, 6.45) is 1.89. The molecular weight excluding hydrogens is 386 g/mol. The van der Waals surface area contributed by atoms with Crippen molar-refractivity contribution < 1.29 is 13.2 Å². The average molecular weight is 410 g/mol. The number of rotatable bonds is 4. The zero-order valence-electron chi connectivity index (χ0n) is 16.0. The number of halogens is 1. The Labute approximate surface area is 165 Å². The molecule has 8 heteroatoms. The Morgan fingerprint density at radius 3 is 2.37 bits per heavy atom. The maximum atomic E-state index is 13.3. The van der Waals surface area contributed by atoms with Crippen LogP contribution in [0.25, 0.3) is 0 Å². The lowest BCUT2D eigenvalue weighted by Gasteiger charge is -2.17. The molecule has 27 heavy (non-hydrogen) atoms. The molecule has 0 aliphatic carbocycles. The van der Waals surface area contributed by atoms with E-state index in [9.17, 15) is 13.2 Å². The van der Waals surface area contributed by atoms with Crippen LogP contribution in [0.15, 0.2) is 23.1 Å². The second-order valence-electron chi connectivity index (χ2n) is 7.00. The summed E-state index contributed by atoms with van der Waals surface area (Å²) in [6, 6.07) is 5.02. The summed E-state index contributed by atoms with van der Waals surface area (Å²) >= 11 is 6.02. The highest BCUT2D eigenvalue weighted by atomic mass is 35.5. The van der Waals surface area contributed by atoms with Crippen LogP contribution in [0.2, 0.25) is 5.02 Å². The van der Waals surface area contributed by atoms with Gasteiger partial charge in [0.15, 0.2) is 0 Å². The summed E-state index contributed by atoms with van der Waals surface area (Å²) < 4.78 is 30.9. The monoisotopic (exact) mass is 409 g/mol. The predicted molar refractivity (Wildman–Crippen MR) is 107 cm³/mol. The van der Waals surface area contributed by atoms with Gasteiger partial charge in [0, 0.05) is 36.5 Å². The number of benzene rings is 1. The fourth-order valence-corrected chi connectivity index (χ4v) is 5.29. The van der Waals surface area contributed by atoms with Gasteiger partial charge in [0.1, 0.15) is 4.90 Å². The second kappa shape index (κ2) is 7.20. The first-order valence-corrected chi connectivity index (χ1v) is 10.7. The van der Waals surface area contributed by atoms with E-state index in [0.717, 1.165) is 18.4 Å². The topological polar surface area (TPSA) is 71.4 Å². The van der Waals surface area contributed by atoms with Gasteiger partial charge in [-0.25, -0.2) is 8.42 Å². The normalized spacial score (nSPS) is 14.6. The highest BCUT2D eigenvalue weighted by molar-refractivity contribution is 7.92. The SMILES string of the molecule is Cc1ccc(Cl)cc1NS(=O)(=O)c1c(C(=O)N2CCCC2)c(C)n(C)c1C. The number of likely N-dealkylation sites (tertiary alicyclic amines) is 1. The maximum absolute atomic E-state index is 13.3. The standard InChI is InChI=1S/C19H24ClN3O3S/c1-12-7-8-15(20)11-16(12)21-27(25,26)18-14(3)22(4)13(2)17(18)19(24)23-9-5-6-10-23/h7-8,11,21H,5-6,9-10H2,1-4H3. The molecule has 1 N–H and O–H groups in total. The van der Waals surface area contributed by atoms with E-state index in [0.29, 0.717) is 35.2 Å². The molecule has 6 nitrogen and oxygen atoms in total. The summed E-state index contributed by atoms with van der Waals surface area (Å²) in [7, 11) is -2.19. The number of nitrogens with one attached hydrogen (secondary N) is 1. The van der Waals surface area contributed by atoms with E-state index in [4.69, 9.17) is 11.6 Å². The largest absolute Gasteiger partial charge is 0.350 e. The van der Waals surface area contributed by atoms with Gasteiger partial charge in [-0.05, 0) is 51.3 Å². The van der Waals surface area contributed by atoms with Gasteiger partial charge in [0.05, 0.1) is 11.3 Å². The smallest absolute Gasteiger partial charge is 0.264 e. The quantitative estimate of drug-likeness (QED) is 0.837. The van der Waals surface area contributed by atoms with Crippen LogP contribution < -0.4 is 4.72 Å². The second-order valence-corrected chi connectivity index (χ2v) is 9.05. The Morgan fingerprint density at radius 1 is 1.11 bits per heavy atom. The fourth-order valence-electron chi connectivity index (χ4n) is 3.48. The third-order valence-corrected chi connectivity index (χ3v) is 7.00. The van der Waals surface area contributed by atoms with Crippen molar-refractivity contribution in [3.05, 3.63) is 45.7 Å². The minimum absolute atomic E-state index is 0.0405. The number of carbonyl (C=O) groups excluding carboxylic acids is 1. The van der Waals surface area contributed by atoms with Gasteiger partial charge in [-0.3, -0.25) is 9.52 Å². The summed E-state index contributed by atoms with van der Waals surface area (Å²) in [4.78, 5) is 14.8. The van der Waals surface area contributed by atoms with E-state index in [2.05, 4.69) is 4.72 Å². The number of aromatic nitrogens is 1. The van der Waals surface area contributed by atoms with E-state index >= 15 is 0 Å². The van der Waals surface area contributed by atoms with E-state index in [1.165, 1.54) is 0 Å². The van der Waals surface area contributed by atoms with Crippen LogP contribution in [0.5, 0.6) is 0 Å². The van der Waals surface area contributed by atoms with Crippen molar-refractivity contribution in [3.63, 3.8) is 0 Å². The van der Waals surface area contributed by atoms with Crippen molar-refractivity contribution in [1.82, 2.24) is 9.47 Å². The van der Waals surface area contributed by atoms with E-state index < -0.39 is 10.0 Å². The summed E-state index contributed by atoms with van der Waals surface area (Å²) in [5, 5.41) is 0.438. The number of hydrogen-bond donors (Lipinski definition) is 1. The Hall–Kier alpha value is -1.99. The molecule has 2 heterocycles. The van der Waals surface area contributed by atoms with Gasteiger partial charge in [0.2, 0.25) is 0 Å². The molecule has 146 valence electrons. The lowest BCUT2D eigenvalue weighted by Crippen LogP contribution is -2.30. The first-order chi connectivity index (χ1) is 12.6.